The van der Waals surface area contributed by atoms with E-state index in [0.717, 1.165) is 22.8 Å². The van der Waals surface area contributed by atoms with Gasteiger partial charge < -0.3 is 9.09 Å². The molecule has 6 rings (SSSR count). The average molecular weight is 800 g/mol. The lowest BCUT2D eigenvalue weighted by Crippen LogP contribution is -2.12. The first kappa shape index (κ1) is 48.1. The van der Waals surface area contributed by atoms with Crippen LogP contribution in [0.5, 0.6) is 0 Å². The van der Waals surface area contributed by atoms with E-state index in [4.69, 9.17) is 4.52 Å². The molecular weight excluding hydrogens is 731 g/mol. The maximum Gasteiger partial charge on any atom is 0.137 e. The van der Waals surface area contributed by atoms with Gasteiger partial charge in [0, 0.05) is 52.6 Å². The van der Waals surface area contributed by atoms with Crippen molar-refractivity contribution >= 4 is 22.7 Å². The third-order valence-corrected chi connectivity index (χ3v) is 11.3. The predicted molar refractivity (Wildman–Crippen MR) is 239 cm³/mol. The highest BCUT2D eigenvalue weighted by atomic mass is 32.1. The van der Waals surface area contributed by atoms with Crippen molar-refractivity contribution in [3.8, 4) is 10.6 Å². The van der Waals surface area contributed by atoms with Crippen molar-refractivity contribution in [3.05, 3.63) is 117 Å². The minimum Gasteiger partial charge on any atom is -0.361 e. The molecule has 6 aromatic heterocycles. The Morgan fingerprint density at radius 2 is 1.27 bits per heavy atom. The molecule has 0 spiro atoms. The third-order valence-electron chi connectivity index (χ3n) is 8.37. The van der Waals surface area contributed by atoms with E-state index in [-0.39, 0.29) is 27.1 Å². The number of aromatic nitrogens is 7. The number of hydrogen-bond acceptors (Lipinski definition) is 9. The first-order valence-electron chi connectivity index (χ1n) is 19.2. The molecule has 0 N–H and O–H groups in total. The molecule has 0 amide bonds. The normalized spacial score (nSPS) is 11.8. The molecule has 0 bridgehead atoms. The molecule has 0 saturated carbocycles. The van der Waals surface area contributed by atoms with Gasteiger partial charge in [0.1, 0.15) is 12.1 Å². The highest BCUT2D eigenvalue weighted by Crippen LogP contribution is 2.34. The standard InChI is InChI=1S/C13H15NS.C9H15NO.C8H14N2.C8H12N2.C8H13NS/c1-13(2,3)12-8-7-11(15-12)10-6-4-5-9-14-10;1-6-8(9(3,4)5)7(2)11-10-6;1-8(2,3)7-5-10(4)6-9-7;1-8(2,3)7-4-9-6-10-5-7;1-6-7(8(2,3)4)10-5-9-6/h4-9H,1-3H3;1-5H3;5-6H,1-4H3;4-6H,1-3H3;5H,1-4H3. The number of nitrogens with zero attached hydrogens (tertiary/aromatic N) is 7. The van der Waals surface area contributed by atoms with Crippen LogP contribution in [0.2, 0.25) is 0 Å². The second-order valence-electron chi connectivity index (χ2n) is 19.1. The van der Waals surface area contributed by atoms with Gasteiger partial charge >= 0.3 is 0 Å². The molecular formula is C46H69N7OS2. The van der Waals surface area contributed by atoms with Gasteiger partial charge in [-0.05, 0) is 72.3 Å². The van der Waals surface area contributed by atoms with E-state index in [1.807, 2.05) is 79.4 Å². The van der Waals surface area contributed by atoms with Gasteiger partial charge in [0.25, 0.3) is 0 Å². The van der Waals surface area contributed by atoms with Crippen LogP contribution in [0.15, 0.2) is 77.8 Å². The fraction of sp³-hybridized carbons (Fsp3) is 0.522. The first-order chi connectivity index (χ1) is 25.6. The lowest BCUT2D eigenvalue weighted by molar-refractivity contribution is 0.389. The van der Waals surface area contributed by atoms with Crippen LogP contribution in [0.3, 0.4) is 0 Å². The Kier molecular flexibility index (Phi) is 17.1. The molecule has 0 atom stereocenters. The Morgan fingerprint density at radius 1 is 0.643 bits per heavy atom. The zero-order chi connectivity index (χ0) is 42.7. The van der Waals surface area contributed by atoms with Gasteiger partial charge in [0.2, 0.25) is 0 Å². The number of hydrogen-bond donors (Lipinski definition) is 0. The Bertz CT molecular complexity index is 1980. The molecule has 0 aromatic carbocycles. The number of imidazole rings is 1. The van der Waals surface area contributed by atoms with E-state index < -0.39 is 0 Å². The van der Waals surface area contributed by atoms with Gasteiger partial charge in [-0.1, -0.05) is 115 Å². The van der Waals surface area contributed by atoms with Crippen molar-refractivity contribution in [1.82, 2.24) is 34.6 Å². The smallest absolute Gasteiger partial charge is 0.137 e. The molecule has 6 heterocycles. The summed E-state index contributed by atoms with van der Waals surface area (Å²) in [5.41, 5.74) is 9.73. The summed E-state index contributed by atoms with van der Waals surface area (Å²) in [6, 6.07) is 10.4. The second kappa shape index (κ2) is 19.9. The SMILES string of the molecule is CC(C)(C)c1ccc(-c2ccccn2)s1.CC(C)(C)c1cncnc1.Cc1ncsc1C(C)(C)C.Cc1noc(C)c1C(C)(C)C.Cn1cnc(C(C)(C)C)c1. The molecule has 8 nitrogen and oxygen atoms in total. The Balaban J connectivity index is 0.000000245. The van der Waals surface area contributed by atoms with Crippen molar-refractivity contribution < 1.29 is 4.52 Å². The zero-order valence-corrected chi connectivity index (χ0v) is 39.4. The van der Waals surface area contributed by atoms with Gasteiger partial charge in [0.15, 0.2) is 0 Å². The molecule has 0 aliphatic heterocycles. The number of aryl methyl sites for hydroxylation is 4. The monoisotopic (exact) mass is 800 g/mol. The molecule has 0 saturated heterocycles. The molecule has 0 unspecified atom stereocenters. The van der Waals surface area contributed by atoms with Gasteiger partial charge in [-0.2, -0.15) is 0 Å². The molecule has 10 heteroatoms. The lowest BCUT2D eigenvalue weighted by Gasteiger charge is -2.17. The minimum atomic E-state index is 0.147. The quantitative estimate of drug-likeness (QED) is 0.163. The van der Waals surface area contributed by atoms with Crippen molar-refractivity contribution in [1.29, 1.82) is 0 Å². The van der Waals surface area contributed by atoms with Gasteiger partial charge in [0.05, 0.1) is 39.5 Å². The van der Waals surface area contributed by atoms with Crippen LogP contribution < -0.4 is 0 Å². The Hall–Kier alpha value is -4.02. The predicted octanol–water partition coefficient (Wildman–Crippen LogP) is 12.9. The number of rotatable bonds is 1. The Labute approximate surface area is 346 Å². The van der Waals surface area contributed by atoms with Crippen LogP contribution >= 0.6 is 22.7 Å². The molecule has 56 heavy (non-hydrogen) atoms. The zero-order valence-electron chi connectivity index (χ0n) is 37.8. The summed E-state index contributed by atoms with van der Waals surface area (Å²) in [7, 11) is 1.99. The van der Waals surface area contributed by atoms with Crippen molar-refractivity contribution in [2.45, 2.75) is 152 Å². The first-order valence-corrected chi connectivity index (χ1v) is 20.9. The van der Waals surface area contributed by atoms with E-state index >= 15 is 0 Å². The molecule has 0 radical (unpaired) electrons. The summed E-state index contributed by atoms with van der Waals surface area (Å²) < 4.78 is 7.04. The van der Waals surface area contributed by atoms with Crippen LogP contribution in [-0.2, 0) is 34.1 Å². The van der Waals surface area contributed by atoms with E-state index in [1.54, 1.807) is 17.7 Å². The molecule has 306 valence electrons. The van der Waals surface area contributed by atoms with E-state index in [1.165, 1.54) is 31.5 Å². The summed E-state index contributed by atoms with van der Waals surface area (Å²) >= 11 is 3.58. The molecule has 0 aliphatic carbocycles. The third kappa shape index (κ3) is 15.8. The van der Waals surface area contributed by atoms with Gasteiger partial charge in [-0.3, -0.25) is 4.98 Å². The topological polar surface area (TPSA) is 95.4 Å². The lowest BCUT2D eigenvalue weighted by atomic mass is 9.86. The summed E-state index contributed by atoms with van der Waals surface area (Å²) in [4.78, 5) is 24.7. The van der Waals surface area contributed by atoms with Crippen LogP contribution in [0.4, 0.5) is 0 Å². The minimum absolute atomic E-state index is 0.147. The number of thiazole rings is 1. The summed E-state index contributed by atoms with van der Waals surface area (Å²) in [6.45, 7) is 38.8. The maximum absolute atomic E-state index is 5.07. The molecule has 0 fully saturated rings. The van der Waals surface area contributed by atoms with Crippen LogP contribution in [0.1, 0.15) is 148 Å². The maximum atomic E-state index is 5.07. The van der Waals surface area contributed by atoms with Crippen LogP contribution in [0, 0.1) is 20.8 Å². The Morgan fingerprint density at radius 3 is 1.57 bits per heavy atom. The second-order valence-corrected chi connectivity index (χ2v) is 21.1. The van der Waals surface area contributed by atoms with E-state index in [0.29, 0.717) is 0 Å². The summed E-state index contributed by atoms with van der Waals surface area (Å²) in [5.74, 6) is 0.940. The molecule has 0 aliphatic rings. The van der Waals surface area contributed by atoms with Crippen molar-refractivity contribution in [2.24, 2.45) is 7.05 Å². The van der Waals surface area contributed by atoms with E-state index in [9.17, 15) is 0 Å². The van der Waals surface area contributed by atoms with Crippen molar-refractivity contribution in [3.63, 3.8) is 0 Å². The highest BCUT2D eigenvalue weighted by molar-refractivity contribution is 7.15. The van der Waals surface area contributed by atoms with Crippen LogP contribution in [-0.4, -0.2) is 34.6 Å². The van der Waals surface area contributed by atoms with E-state index in [2.05, 4.69) is 165 Å². The number of thiophene rings is 1. The van der Waals surface area contributed by atoms with Gasteiger partial charge in [-0.15, -0.1) is 22.7 Å². The van der Waals surface area contributed by atoms with Crippen LogP contribution in [0.25, 0.3) is 10.6 Å². The average Bonchev–Trinajstić information content (AvgIpc) is 3.90. The summed E-state index contributed by atoms with van der Waals surface area (Å²) in [5, 5.41) is 3.91. The van der Waals surface area contributed by atoms with Crippen molar-refractivity contribution in [2.75, 3.05) is 0 Å². The fourth-order valence-corrected chi connectivity index (χ4v) is 7.38. The largest absolute Gasteiger partial charge is 0.361 e. The van der Waals surface area contributed by atoms with Gasteiger partial charge in [-0.25, -0.2) is 19.9 Å². The number of pyridine rings is 1. The highest BCUT2D eigenvalue weighted by Gasteiger charge is 2.23. The summed E-state index contributed by atoms with van der Waals surface area (Å²) in [6.07, 6.45) is 11.0. The molecule has 6 aromatic rings. The fourth-order valence-electron chi connectivity index (χ4n) is 5.45.